The fourth-order valence-corrected chi connectivity index (χ4v) is 3.31. The van der Waals surface area contributed by atoms with E-state index in [9.17, 15) is 0 Å². The molecular weight excluding hydrogens is 332 g/mol. The predicted molar refractivity (Wildman–Crippen MR) is 93.8 cm³/mol. The van der Waals surface area contributed by atoms with E-state index in [2.05, 4.69) is 16.8 Å². The van der Waals surface area contributed by atoms with Crippen LogP contribution in [-0.2, 0) is 0 Å². The van der Waals surface area contributed by atoms with Crippen LogP contribution in [0.15, 0.2) is 36.0 Å². The Morgan fingerprint density at radius 1 is 1.26 bits per heavy atom. The van der Waals surface area contributed by atoms with Crippen molar-refractivity contribution in [1.29, 1.82) is 0 Å². The lowest BCUT2D eigenvalue weighted by atomic mass is 9.93. The van der Waals surface area contributed by atoms with Crippen LogP contribution in [0.2, 0.25) is 5.02 Å². The molecule has 0 spiro atoms. The molecule has 1 aliphatic heterocycles. The van der Waals surface area contributed by atoms with E-state index in [1.54, 1.807) is 11.7 Å². The van der Waals surface area contributed by atoms with Gasteiger partial charge < -0.3 is 9.47 Å². The second-order valence-corrected chi connectivity index (χ2v) is 7.30. The Hall–Kier alpha value is -1.30. The topological polar surface area (TPSA) is 34.6 Å². The molecule has 0 unspecified atom stereocenters. The summed E-state index contributed by atoms with van der Waals surface area (Å²) in [5.41, 5.74) is 1.68. The van der Waals surface area contributed by atoms with Gasteiger partial charge in [0.25, 0.3) is 0 Å². The average molecular weight is 353 g/mol. The normalized spacial score (nSPS) is 17.8. The van der Waals surface area contributed by atoms with Crippen molar-refractivity contribution in [2.75, 3.05) is 26.2 Å². The van der Waals surface area contributed by atoms with E-state index >= 15 is 0 Å². The molecule has 4 nitrogen and oxygen atoms in total. The molecule has 2 aromatic rings. The Bertz CT molecular complexity index is 596. The Morgan fingerprint density at radius 3 is 2.65 bits per heavy atom. The molecule has 3 rings (SSSR count). The van der Waals surface area contributed by atoms with Crippen molar-refractivity contribution in [1.82, 2.24) is 9.88 Å². The number of thiazole rings is 1. The van der Waals surface area contributed by atoms with Gasteiger partial charge in [0.05, 0.1) is 11.7 Å². The molecule has 6 heteroatoms. The molecule has 0 bridgehead atoms. The second kappa shape index (κ2) is 7.51. The van der Waals surface area contributed by atoms with Crippen LogP contribution in [0.3, 0.4) is 0 Å². The maximum atomic E-state index is 6.19. The first kappa shape index (κ1) is 16.6. The molecule has 1 fully saturated rings. The largest absolute Gasteiger partial charge is 0.487 e. The van der Waals surface area contributed by atoms with Gasteiger partial charge in [0.1, 0.15) is 18.0 Å². The summed E-state index contributed by atoms with van der Waals surface area (Å²) in [5, 5.41) is 1.62. The van der Waals surface area contributed by atoms with Crippen LogP contribution in [0.25, 0.3) is 0 Å². The van der Waals surface area contributed by atoms with Crippen molar-refractivity contribution < 1.29 is 9.47 Å². The van der Waals surface area contributed by atoms with Crippen molar-refractivity contribution >= 4 is 22.9 Å². The van der Waals surface area contributed by atoms with Crippen molar-refractivity contribution in [2.24, 2.45) is 0 Å². The van der Waals surface area contributed by atoms with E-state index in [-0.39, 0.29) is 5.60 Å². The highest BCUT2D eigenvalue weighted by Crippen LogP contribution is 2.29. The molecule has 0 saturated carbocycles. The zero-order chi connectivity index (χ0) is 16.1. The minimum atomic E-state index is -0.108. The zero-order valence-corrected chi connectivity index (χ0v) is 14.8. The number of rotatable bonds is 6. The summed E-state index contributed by atoms with van der Waals surface area (Å²) in [6.07, 6.45) is 3.78. The van der Waals surface area contributed by atoms with E-state index in [4.69, 9.17) is 21.1 Å². The van der Waals surface area contributed by atoms with Gasteiger partial charge in [-0.25, -0.2) is 4.98 Å². The number of aromatic nitrogens is 1. The molecule has 1 aromatic carbocycles. The molecule has 0 N–H and O–H groups in total. The summed E-state index contributed by atoms with van der Waals surface area (Å²) in [6, 6.07) is 7.60. The van der Waals surface area contributed by atoms with Crippen LogP contribution in [0.4, 0.5) is 0 Å². The van der Waals surface area contributed by atoms with Gasteiger partial charge in [-0.15, -0.1) is 0 Å². The van der Waals surface area contributed by atoms with Gasteiger partial charge in [0.2, 0.25) is 0 Å². The summed E-state index contributed by atoms with van der Waals surface area (Å²) in [6.45, 7) is 5.88. The molecular formula is C17H21ClN2O2S. The molecule has 2 heterocycles. The second-order valence-electron chi connectivity index (χ2n) is 6.02. The zero-order valence-electron chi connectivity index (χ0n) is 13.2. The van der Waals surface area contributed by atoms with Crippen molar-refractivity contribution in [3.8, 4) is 10.8 Å². The van der Waals surface area contributed by atoms with Crippen LogP contribution in [-0.4, -0.2) is 41.7 Å². The molecule has 1 saturated heterocycles. The number of benzene rings is 1. The van der Waals surface area contributed by atoms with E-state index in [1.165, 1.54) is 11.3 Å². The molecule has 0 aliphatic carbocycles. The van der Waals surface area contributed by atoms with Gasteiger partial charge in [-0.3, -0.25) is 4.90 Å². The van der Waals surface area contributed by atoms with Gasteiger partial charge in [-0.1, -0.05) is 22.9 Å². The molecule has 1 aromatic heterocycles. The number of halogens is 1. The Kier molecular flexibility index (Phi) is 5.41. The Morgan fingerprint density at radius 2 is 2.00 bits per heavy atom. The smallest absolute Gasteiger partial charge is 0.193 e. The minimum Gasteiger partial charge on any atom is -0.487 e. The highest BCUT2D eigenvalue weighted by atomic mass is 35.5. The fourth-order valence-electron chi connectivity index (χ4n) is 2.69. The van der Waals surface area contributed by atoms with Gasteiger partial charge >= 0.3 is 0 Å². The van der Waals surface area contributed by atoms with E-state index in [0.29, 0.717) is 6.61 Å². The number of ether oxygens (including phenoxy) is 2. The first-order valence-corrected chi connectivity index (χ1v) is 9.07. The van der Waals surface area contributed by atoms with E-state index in [0.717, 1.165) is 48.3 Å². The van der Waals surface area contributed by atoms with Crippen molar-refractivity contribution in [2.45, 2.75) is 25.4 Å². The van der Waals surface area contributed by atoms with Crippen LogP contribution in [0.1, 0.15) is 19.8 Å². The molecule has 0 radical (unpaired) electrons. The number of hydrogen-bond acceptors (Lipinski definition) is 5. The molecule has 124 valence electrons. The molecule has 23 heavy (non-hydrogen) atoms. The average Bonchev–Trinajstić information content (AvgIpc) is 3.05. The quantitative estimate of drug-likeness (QED) is 0.783. The van der Waals surface area contributed by atoms with Crippen LogP contribution >= 0.6 is 22.9 Å². The standard InChI is InChI=1S/C17H21ClN2O2S/c1-17(22-15-4-2-14(18)3-5-15)6-8-20(9-7-17)10-11-21-16-12-19-13-23-16/h2-5,12-13H,6-11H2,1H3. The van der Waals surface area contributed by atoms with Crippen molar-refractivity contribution in [3.63, 3.8) is 0 Å². The first-order chi connectivity index (χ1) is 11.1. The monoisotopic (exact) mass is 352 g/mol. The maximum Gasteiger partial charge on any atom is 0.193 e. The number of hydrogen-bond donors (Lipinski definition) is 0. The summed E-state index contributed by atoms with van der Waals surface area (Å²) >= 11 is 7.45. The molecule has 0 atom stereocenters. The predicted octanol–water partition coefficient (Wildman–Crippen LogP) is 4.11. The first-order valence-electron chi connectivity index (χ1n) is 7.81. The summed E-state index contributed by atoms with van der Waals surface area (Å²) < 4.78 is 11.9. The third kappa shape index (κ3) is 4.83. The van der Waals surface area contributed by atoms with Crippen LogP contribution in [0, 0.1) is 0 Å². The lowest BCUT2D eigenvalue weighted by Crippen LogP contribution is -2.47. The van der Waals surface area contributed by atoms with E-state index < -0.39 is 0 Å². The number of piperidine rings is 1. The third-order valence-corrected chi connectivity index (χ3v) is 5.09. The highest BCUT2D eigenvalue weighted by Gasteiger charge is 2.31. The van der Waals surface area contributed by atoms with Gasteiger partial charge in [0, 0.05) is 24.7 Å². The van der Waals surface area contributed by atoms with Crippen molar-refractivity contribution in [3.05, 3.63) is 41.0 Å². The molecule has 0 amide bonds. The number of nitrogens with zero attached hydrogens (tertiary/aromatic N) is 2. The maximum absolute atomic E-state index is 6.19. The Balaban J connectivity index is 1.42. The highest BCUT2D eigenvalue weighted by molar-refractivity contribution is 7.11. The van der Waals surface area contributed by atoms with Gasteiger partial charge in [-0.2, -0.15) is 0 Å². The minimum absolute atomic E-state index is 0.108. The van der Waals surface area contributed by atoms with Gasteiger partial charge in [0.15, 0.2) is 5.06 Å². The SMILES string of the molecule is CC1(Oc2ccc(Cl)cc2)CCN(CCOc2cncs2)CC1. The lowest BCUT2D eigenvalue weighted by Gasteiger charge is -2.39. The summed E-state index contributed by atoms with van der Waals surface area (Å²) in [7, 11) is 0. The van der Waals surface area contributed by atoms with Crippen LogP contribution in [0.5, 0.6) is 10.8 Å². The Labute approximate surface area is 146 Å². The van der Waals surface area contributed by atoms with Crippen LogP contribution < -0.4 is 9.47 Å². The summed E-state index contributed by atoms with van der Waals surface area (Å²) in [4.78, 5) is 6.43. The third-order valence-electron chi connectivity index (χ3n) is 4.15. The van der Waals surface area contributed by atoms with E-state index in [1.807, 2.05) is 24.3 Å². The number of likely N-dealkylation sites (tertiary alicyclic amines) is 1. The summed E-state index contributed by atoms with van der Waals surface area (Å²) in [5.74, 6) is 0.888. The van der Waals surface area contributed by atoms with Gasteiger partial charge in [-0.05, 0) is 44.0 Å². The molecule has 1 aliphatic rings. The lowest BCUT2D eigenvalue weighted by molar-refractivity contribution is 0.0137. The fraction of sp³-hybridized carbons (Fsp3) is 0.471.